The van der Waals surface area contributed by atoms with E-state index in [2.05, 4.69) is 17.2 Å². The average Bonchev–Trinajstić information content (AvgIpc) is 2.86. The Balaban J connectivity index is 2.11. The lowest BCUT2D eigenvalue weighted by molar-refractivity contribution is 0.0936. The molecule has 0 radical (unpaired) electrons. The predicted octanol–water partition coefficient (Wildman–Crippen LogP) is 1.76. The number of unbranched alkanes of at least 4 members (excludes halogenated alkanes) is 1. The van der Waals surface area contributed by atoms with Crippen LogP contribution in [-0.2, 0) is 4.74 Å². The van der Waals surface area contributed by atoms with Crippen LogP contribution in [0, 0.1) is 0 Å². The van der Waals surface area contributed by atoms with E-state index in [9.17, 15) is 9.59 Å². The van der Waals surface area contributed by atoms with Crippen molar-refractivity contribution in [3.63, 3.8) is 0 Å². The fourth-order valence-electron chi connectivity index (χ4n) is 1.43. The highest BCUT2D eigenvalue weighted by atomic mass is 16.5. The van der Waals surface area contributed by atoms with E-state index in [0.29, 0.717) is 30.8 Å². The molecule has 0 atom stereocenters. The van der Waals surface area contributed by atoms with E-state index in [1.165, 1.54) is 0 Å². The molecule has 18 heavy (non-hydrogen) atoms. The van der Waals surface area contributed by atoms with Gasteiger partial charge in [-0.25, -0.2) is 0 Å². The molecule has 1 aromatic rings. The third kappa shape index (κ3) is 5.14. The summed E-state index contributed by atoms with van der Waals surface area (Å²) < 4.78 is 5.38. The summed E-state index contributed by atoms with van der Waals surface area (Å²) in [6, 6.07) is 3.17. The Morgan fingerprint density at radius 3 is 2.83 bits per heavy atom. The van der Waals surface area contributed by atoms with Crippen molar-refractivity contribution in [1.29, 1.82) is 0 Å². The number of rotatable bonds is 9. The Labute approximate surface area is 107 Å². The maximum Gasteiger partial charge on any atom is 0.267 e. The number of H-pyrrole nitrogens is 1. The minimum absolute atomic E-state index is 0.198. The van der Waals surface area contributed by atoms with Gasteiger partial charge in [0.15, 0.2) is 6.29 Å². The van der Waals surface area contributed by atoms with Crippen LogP contribution in [0.3, 0.4) is 0 Å². The van der Waals surface area contributed by atoms with Crippen molar-refractivity contribution in [3.8, 4) is 0 Å². The number of carbonyl (C=O) groups excluding carboxylic acids is 2. The first-order valence-corrected chi connectivity index (χ1v) is 6.28. The van der Waals surface area contributed by atoms with Gasteiger partial charge in [0.2, 0.25) is 0 Å². The maximum atomic E-state index is 11.6. The molecule has 0 aliphatic carbocycles. The molecule has 0 saturated heterocycles. The summed E-state index contributed by atoms with van der Waals surface area (Å²) in [5, 5.41) is 2.76. The van der Waals surface area contributed by atoms with Crippen molar-refractivity contribution >= 4 is 12.2 Å². The lowest BCUT2D eigenvalue weighted by atomic mass is 10.3. The molecule has 0 spiro atoms. The normalized spacial score (nSPS) is 10.3. The Morgan fingerprint density at radius 1 is 1.39 bits per heavy atom. The molecular formula is C13H20N2O3. The Bertz CT molecular complexity index is 374. The summed E-state index contributed by atoms with van der Waals surface area (Å²) in [4.78, 5) is 24.8. The van der Waals surface area contributed by atoms with Gasteiger partial charge in [-0.3, -0.25) is 9.59 Å². The first kappa shape index (κ1) is 14.4. The fraction of sp³-hybridized carbons (Fsp3) is 0.538. The fourth-order valence-corrected chi connectivity index (χ4v) is 1.43. The second-order valence-electron chi connectivity index (χ2n) is 4.02. The second kappa shape index (κ2) is 8.47. The minimum atomic E-state index is -0.198. The van der Waals surface area contributed by atoms with Gasteiger partial charge in [-0.2, -0.15) is 0 Å². The van der Waals surface area contributed by atoms with E-state index in [1.54, 1.807) is 12.1 Å². The number of aromatic nitrogens is 1. The molecule has 1 heterocycles. The van der Waals surface area contributed by atoms with Crippen molar-refractivity contribution < 1.29 is 14.3 Å². The number of aromatic amines is 1. The van der Waals surface area contributed by atoms with Crippen LogP contribution in [0.4, 0.5) is 0 Å². The van der Waals surface area contributed by atoms with Gasteiger partial charge in [-0.05, 0) is 25.0 Å². The molecule has 5 nitrogen and oxygen atoms in total. The van der Waals surface area contributed by atoms with Crippen molar-refractivity contribution in [1.82, 2.24) is 10.3 Å². The number of hydrogen-bond donors (Lipinski definition) is 2. The van der Waals surface area contributed by atoms with Crippen molar-refractivity contribution in [3.05, 3.63) is 23.5 Å². The van der Waals surface area contributed by atoms with Crippen molar-refractivity contribution in [2.75, 3.05) is 19.8 Å². The van der Waals surface area contributed by atoms with Gasteiger partial charge in [0.1, 0.15) is 5.69 Å². The van der Waals surface area contributed by atoms with Gasteiger partial charge < -0.3 is 15.0 Å². The molecule has 0 unspecified atom stereocenters. The molecule has 2 N–H and O–H groups in total. The quantitative estimate of drug-likeness (QED) is 0.519. The smallest absolute Gasteiger partial charge is 0.267 e. The molecule has 0 fully saturated rings. The lowest BCUT2D eigenvalue weighted by Gasteiger charge is -2.04. The summed E-state index contributed by atoms with van der Waals surface area (Å²) >= 11 is 0. The summed E-state index contributed by atoms with van der Waals surface area (Å²) in [5.41, 5.74) is 0.812. The largest absolute Gasteiger partial charge is 0.381 e. The zero-order chi connectivity index (χ0) is 13.2. The van der Waals surface area contributed by atoms with E-state index in [4.69, 9.17) is 4.74 Å². The number of carbonyl (C=O) groups is 2. The van der Waals surface area contributed by atoms with E-state index in [1.807, 2.05) is 0 Å². The lowest BCUT2D eigenvalue weighted by Crippen LogP contribution is -2.25. The van der Waals surface area contributed by atoms with E-state index in [-0.39, 0.29) is 5.91 Å². The Morgan fingerprint density at radius 2 is 2.17 bits per heavy atom. The van der Waals surface area contributed by atoms with Gasteiger partial charge in [-0.1, -0.05) is 13.3 Å². The highest BCUT2D eigenvalue weighted by Gasteiger charge is 2.06. The van der Waals surface area contributed by atoms with Gasteiger partial charge in [0, 0.05) is 19.8 Å². The predicted molar refractivity (Wildman–Crippen MR) is 68.9 cm³/mol. The SMILES string of the molecule is CCCCOCCCNC(=O)c1ccc(C=O)[nH]1. The van der Waals surface area contributed by atoms with Gasteiger partial charge >= 0.3 is 0 Å². The summed E-state index contributed by atoms with van der Waals surface area (Å²) in [7, 11) is 0. The van der Waals surface area contributed by atoms with E-state index < -0.39 is 0 Å². The molecule has 0 saturated carbocycles. The minimum Gasteiger partial charge on any atom is -0.381 e. The Hall–Kier alpha value is -1.62. The standard InChI is InChI=1S/C13H20N2O3/c1-2-3-8-18-9-4-7-14-13(17)12-6-5-11(10-16)15-12/h5-6,10,15H,2-4,7-9H2,1H3,(H,14,17). The van der Waals surface area contributed by atoms with Gasteiger partial charge in [-0.15, -0.1) is 0 Å². The highest BCUT2D eigenvalue weighted by molar-refractivity contribution is 5.93. The van der Waals surface area contributed by atoms with E-state index >= 15 is 0 Å². The topological polar surface area (TPSA) is 71.2 Å². The Kier molecular flexibility index (Phi) is 6.79. The van der Waals surface area contributed by atoms with Crippen molar-refractivity contribution in [2.45, 2.75) is 26.2 Å². The monoisotopic (exact) mass is 252 g/mol. The van der Waals surface area contributed by atoms with Crippen LogP contribution in [0.15, 0.2) is 12.1 Å². The number of amides is 1. The second-order valence-corrected chi connectivity index (χ2v) is 4.02. The van der Waals surface area contributed by atoms with Crippen molar-refractivity contribution in [2.24, 2.45) is 0 Å². The molecule has 5 heteroatoms. The van der Waals surface area contributed by atoms with Crippen LogP contribution in [0.1, 0.15) is 47.2 Å². The number of nitrogens with one attached hydrogen (secondary N) is 2. The highest BCUT2D eigenvalue weighted by Crippen LogP contribution is 1.99. The number of aldehydes is 1. The van der Waals surface area contributed by atoms with Crippen LogP contribution < -0.4 is 5.32 Å². The third-order valence-corrected chi connectivity index (χ3v) is 2.47. The van der Waals surface area contributed by atoms with Crippen LogP contribution in [0.25, 0.3) is 0 Å². The molecule has 0 aliphatic heterocycles. The average molecular weight is 252 g/mol. The molecule has 1 amide bonds. The molecule has 1 rings (SSSR count). The van der Waals surface area contributed by atoms with Crippen LogP contribution in [0.5, 0.6) is 0 Å². The van der Waals surface area contributed by atoms with Crippen LogP contribution in [-0.4, -0.2) is 36.9 Å². The molecule has 1 aromatic heterocycles. The van der Waals surface area contributed by atoms with Crippen LogP contribution >= 0.6 is 0 Å². The molecule has 100 valence electrons. The van der Waals surface area contributed by atoms with E-state index in [0.717, 1.165) is 25.9 Å². The number of hydrogen-bond acceptors (Lipinski definition) is 3. The summed E-state index contributed by atoms with van der Waals surface area (Å²) in [6.45, 7) is 4.13. The van der Waals surface area contributed by atoms with Gasteiger partial charge in [0.25, 0.3) is 5.91 Å². The first-order chi connectivity index (χ1) is 8.77. The zero-order valence-electron chi connectivity index (χ0n) is 10.7. The maximum absolute atomic E-state index is 11.6. The molecule has 0 bridgehead atoms. The van der Waals surface area contributed by atoms with Gasteiger partial charge in [0.05, 0.1) is 5.69 Å². The molecule has 0 aromatic carbocycles. The third-order valence-electron chi connectivity index (χ3n) is 2.47. The first-order valence-electron chi connectivity index (χ1n) is 6.28. The summed E-state index contributed by atoms with van der Waals surface area (Å²) in [6.07, 6.45) is 3.67. The molecular weight excluding hydrogens is 232 g/mol. The molecule has 0 aliphatic rings. The number of ether oxygens (including phenoxy) is 1. The summed E-state index contributed by atoms with van der Waals surface area (Å²) in [5.74, 6) is -0.198. The zero-order valence-corrected chi connectivity index (χ0v) is 10.7. The van der Waals surface area contributed by atoms with Crippen LogP contribution in [0.2, 0.25) is 0 Å².